The second kappa shape index (κ2) is 10.3. The van der Waals surface area contributed by atoms with Gasteiger partial charge in [0.25, 0.3) is 5.91 Å². The highest BCUT2D eigenvalue weighted by Crippen LogP contribution is 2.45. The van der Waals surface area contributed by atoms with Crippen molar-refractivity contribution in [2.24, 2.45) is 17.3 Å². The minimum atomic E-state index is -3.10. The van der Waals surface area contributed by atoms with Crippen molar-refractivity contribution in [3.63, 3.8) is 0 Å². The molecule has 1 heterocycles. The minimum absolute atomic E-state index is 0.0439. The third kappa shape index (κ3) is 6.70. The lowest BCUT2D eigenvalue weighted by Crippen LogP contribution is -2.60. The van der Waals surface area contributed by atoms with Crippen LogP contribution in [0.1, 0.15) is 66.2 Å². The number of halogens is 2. The van der Waals surface area contributed by atoms with E-state index in [1.54, 1.807) is 20.8 Å². The van der Waals surface area contributed by atoms with Crippen molar-refractivity contribution in [1.29, 1.82) is 0 Å². The van der Waals surface area contributed by atoms with Gasteiger partial charge in [0.05, 0.1) is 6.04 Å². The summed E-state index contributed by atoms with van der Waals surface area (Å²) in [7, 11) is 0. The molecule has 4 amide bonds. The minimum Gasteiger partial charge on any atom is -0.465 e. The summed E-state index contributed by atoms with van der Waals surface area (Å²) < 4.78 is 27.1. The van der Waals surface area contributed by atoms with Crippen molar-refractivity contribution in [2.75, 3.05) is 6.54 Å². The molecule has 0 aromatic carbocycles. The fourth-order valence-electron chi connectivity index (χ4n) is 4.90. The lowest BCUT2D eigenvalue weighted by Gasteiger charge is -2.36. The molecule has 1 aliphatic heterocycles. The van der Waals surface area contributed by atoms with Crippen LogP contribution in [0.15, 0.2) is 0 Å². The van der Waals surface area contributed by atoms with E-state index in [-0.39, 0.29) is 24.4 Å². The number of nitrogens with zero attached hydrogens (tertiary/aromatic N) is 1. The van der Waals surface area contributed by atoms with Crippen LogP contribution in [0.5, 0.6) is 0 Å². The average molecular weight is 515 g/mol. The summed E-state index contributed by atoms with van der Waals surface area (Å²) in [4.78, 5) is 64.7. The second-order valence-electron chi connectivity index (χ2n) is 11.5. The summed E-state index contributed by atoms with van der Waals surface area (Å²) in [6.45, 7) is 6.04. The van der Waals surface area contributed by atoms with Crippen LogP contribution in [-0.4, -0.2) is 76.2 Å². The number of hydrogen-bond donors (Lipinski definition) is 4. The van der Waals surface area contributed by atoms with Crippen molar-refractivity contribution in [1.82, 2.24) is 20.9 Å². The van der Waals surface area contributed by atoms with Gasteiger partial charge < -0.3 is 26.0 Å². The van der Waals surface area contributed by atoms with Crippen molar-refractivity contribution >= 4 is 29.6 Å². The Balaban J connectivity index is 1.80. The maximum atomic E-state index is 13.6. The predicted octanol–water partition coefficient (Wildman–Crippen LogP) is 1.67. The number of fused-ring (bicyclic) bond motifs is 1. The Hall–Kier alpha value is -2.79. The first kappa shape index (κ1) is 27.8. The molecule has 3 rings (SSSR count). The maximum Gasteiger partial charge on any atom is 0.405 e. The molecule has 5 atom stereocenters. The first-order chi connectivity index (χ1) is 16.6. The molecule has 0 bridgehead atoms. The number of hydrogen-bond acceptors (Lipinski definition) is 5. The second-order valence-corrected chi connectivity index (χ2v) is 11.5. The summed E-state index contributed by atoms with van der Waals surface area (Å²) >= 11 is 0. The molecule has 0 spiro atoms. The van der Waals surface area contributed by atoms with Gasteiger partial charge in [-0.25, -0.2) is 13.6 Å². The van der Waals surface area contributed by atoms with E-state index in [1.165, 1.54) is 4.90 Å². The average Bonchev–Trinajstić information content (AvgIpc) is 3.50. The zero-order valence-electron chi connectivity index (χ0n) is 21.1. The molecule has 3 aliphatic rings. The Morgan fingerprint density at radius 1 is 1.00 bits per heavy atom. The summed E-state index contributed by atoms with van der Waals surface area (Å²) in [6.07, 6.45) is 0.376. The highest BCUT2D eigenvalue weighted by Gasteiger charge is 2.54. The van der Waals surface area contributed by atoms with Gasteiger partial charge in [0.2, 0.25) is 23.5 Å². The van der Waals surface area contributed by atoms with Gasteiger partial charge in [0.1, 0.15) is 12.1 Å². The molecular formula is C24H36F2N4O6. The molecule has 4 unspecified atom stereocenters. The van der Waals surface area contributed by atoms with E-state index < -0.39 is 71.9 Å². The third-order valence-electron chi connectivity index (χ3n) is 7.22. The fraction of sp³-hybridized carbons (Fsp3) is 0.792. The lowest BCUT2D eigenvalue weighted by molar-refractivity contribution is -0.145. The van der Waals surface area contributed by atoms with Crippen molar-refractivity contribution < 1.29 is 37.9 Å². The Morgan fingerprint density at radius 3 is 2.11 bits per heavy atom. The first-order valence-electron chi connectivity index (χ1n) is 12.4. The number of ketones is 1. The Labute approximate surface area is 208 Å². The fourth-order valence-corrected chi connectivity index (χ4v) is 4.90. The molecule has 4 N–H and O–H groups in total. The van der Waals surface area contributed by atoms with Crippen LogP contribution in [0, 0.1) is 17.3 Å². The number of Topliss-reactive ketones (excluding diaryl/α,β-unsaturated/α-hetero) is 1. The molecule has 0 aromatic heterocycles. The number of nitrogens with one attached hydrogen (secondary N) is 3. The van der Waals surface area contributed by atoms with Gasteiger partial charge in [-0.2, -0.15) is 0 Å². The van der Waals surface area contributed by atoms with E-state index in [0.717, 1.165) is 19.3 Å². The normalized spacial score (nSPS) is 25.2. The molecule has 3 fully saturated rings. The van der Waals surface area contributed by atoms with Gasteiger partial charge in [0.15, 0.2) is 0 Å². The van der Waals surface area contributed by atoms with Gasteiger partial charge in [0, 0.05) is 19.0 Å². The molecule has 2 saturated carbocycles. The van der Waals surface area contributed by atoms with Crippen molar-refractivity contribution in [3.05, 3.63) is 0 Å². The van der Waals surface area contributed by atoms with Crippen LogP contribution in [0.3, 0.4) is 0 Å². The summed E-state index contributed by atoms with van der Waals surface area (Å²) in [5.41, 5.74) is -0.787. The SMILES string of the molecule is CC(F)(F)CCC(NC(=O)C1C2CCC2CN1C(=O)[C@@H](NC(=O)O)C(C)(C)C)C(=O)C(=O)NC1CC1. The Morgan fingerprint density at radius 2 is 1.64 bits per heavy atom. The highest BCUT2D eigenvalue weighted by atomic mass is 19.3. The van der Waals surface area contributed by atoms with Crippen LogP contribution >= 0.6 is 0 Å². The molecular weight excluding hydrogens is 478 g/mol. The van der Waals surface area contributed by atoms with Crippen LogP contribution in [0.25, 0.3) is 0 Å². The number of amides is 4. The van der Waals surface area contributed by atoms with Crippen LogP contribution < -0.4 is 16.0 Å². The summed E-state index contributed by atoms with van der Waals surface area (Å²) in [5, 5.41) is 16.5. The quantitative estimate of drug-likeness (QED) is 0.327. The Kier molecular flexibility index (Phi) is 7.95. The van der Waals surface area contributed by atoms with Crippen LogP contribution in [0.2, 0.25) is 0 Å². The van der Waals surface area contributed by atoms with Crippen LogP contribution in [-0.2, 0) is 19.2 Å². The smallest absolute Gasteiger partial charge is 0.405 e. The number of carboxylic acid groups (broad SMARTS) is 1. The topological polar surface area (TPSA) is 145 Å². The number of rotatable bonds is 10. The molecule has 2 aliphatic carbocycles. The largest absolute Gasteiger partial charge is 0.465 e. The highest BCUT2D eigenvalue weighted by molar-refractivity contribution is 6.38. The van der Waals surface area contributed by atoms with E-state index in [1.807, 2.05) is 0 Å². The zero-order chi connectivity index (χ0) is 27.0. The predicted molar refractivity (Wildman–Crippen MR) is 124 cm³/mol. The number of alkyl halides is 2. The molecule has 202 valence electrons. The number of carbonyl (C=O) groups is 5. The van der Waals surface area contributed by atoms with Gasteiger partial charge in [-0.05, 0) is 56.3 Å². The molecule has 0 aromatic rings. The van der Waals surface area contributed by atoms with E-state index in [9.17, 15) is 37.9 Å². The first-order valence-corrected chi connectivity index (χ1v) is 12.4. The van der Waals surface area contributed by atoms with Gasteiger partial charge >= 0.3 is 6.09 Å². The van der Waals surface area contributed by atoms with Crippen molar-refractivity contribution in [3.8, 4) is 0 Å². The molecule has 10 nitrogen and oxygen atoms in total. The van der Waals surface area contributed by atoms with E-state index in [4.69, 9.17) is 0 Å². The van der Waals surface area contributed by atoms with E-state index in [0.29, 0.717) is 13.3 Å². The Bertz CT molecular complexity index is 911. The van der Waals surface area contributed by atoms with E-state index >= 15 is 0 Å². The number of carbonyl (C=O) groups excluding carboxylic acids is 4. The van der Waals surface area contributed by atoms with Gasteiger partial charge in [-0.3, -0.25) is 19.2 Å². The third-order valence-corrected chi connectivity index (χ3v) is 7.22. The monoisotopic (exact) mass is 514 g/mol. The van der Waals surface area contributed by atoms with Crippen LogP contribution in [0.4, 0.5) is 13.6 Å². The zero-order valence-corrected chi connectivity index (χ0v) is 21.1. The standard InChI is InChI=1S/C24H36F2N4O6/c1-23(2,3)18(29-22(35)36)21(34)30-11-12-5-8-14(12)16(30)19(32)28-15(9-10-24(4,25)26)17(31)20(33)27-13-6-7-13/h12-16,18,29H,5-11H2,1-4H3,(H,27,33)(H,28,32)(H,35,36)/t12?,14?,15?,16?,18-/m1/s1. The maximum absolute atomic E-state index is 13.6. The molecule has 1 saturated heterocycles. The lowest BCUT2D eigenvalue weighted by atomic mass is 9.73. The summed E-state index contributed by atoms with van der Waals surface area (Å²) in [5.74, 6) is -6.44. The van der Waals surface area contributed by atoms with Gasteiger partial charge in [-0.15, -0.1) is 0 Å². The molecule has 12 heteroatoms. The van der Waals surface area contributed by atoms with Gasteiger partial charge in [-0.1, -0.05) is 20.8 Å². The van der Waals surface area contributed by atoms with Crippen molar-refractivity contribution in [2.45, 2.75) is 96.3 Å². The molecule has 0 radical (unpaired) electrons. The van der Waals surface area contributed by atoms with E-state index in [2.05, 4.69) is 16.0 Å². The molecule has 36 heavy (non-hydrogen) atoms. The number of likely N-dealkylation sites (tertiary alicyclic amines) is 1. The summed E-state index contributed by atoms with van der Waals surface area (Å²) in [6, 6.07) is -3.70.